The van der Waals surface area contributed by atoms with Gasteiger partial charge in [0, 0.05) is 23.7 Å². The highest BCUT2D eigenvalue weighted by Crippen LogP contribution is 2.49. The van der Waals surface area contributed by atoms with Crippen molar-refractivity contribution < 1.29 is 14.3 Å². The highest BCUT2D eigenvalue weighted by molar-refractivity contribution is 8.00. The number of thioether (sulfide) groups is 1. The normalized spacial score (nSPS) is 17.7. The third-order valence-electron chi connectivity index (χ3n) is 7.00. The quantitative estimate of drug-likeness (QED) is 0.309. The Morgan fingerprint density at radius 1 is 1.10 bits per heavy atom. The molecule has 1 fully saturated rings. The number of carbonyl (C=O) groups excluding carboxylic acids is 2. The fourth-order valence-corrected chi connectivity index (χ4v) is 7.17. The van der Waals surface area contributed by atoms with Crippen LogP contribution in [0, 0.1) is 6.92 Å². The van der Waals surface area contributed by atoms with Gasteiger partial charge in [0.1, 0.15) is 18.1 Å². The summed E-state index contributed by atoms with van der Waals surface area (Å²) in [5, 5.41) is 7.60. The molecule has 2 aliphatic heterocycles. The van der Waals surface area contributed by atoms with E-state index in [2.05, 4.69) is 0 Å². The number of halogens is 1. The summed E-state index contributed by atoms with van der Waals surface area (Å²) in [5.74, 6) is 0.632. The predicted molar refractivity (Wildman–Crippen MR) is 157 cm³/mol. The van der Waals surface area contributed by atoms with Crippen molar-refractivity contribution in [3.63, 3.8) is 0 Å². The SMILES string of the molecule is Cc1ccccc1-n1nc(-c2cccs2)c2c1N(CC(=O)N1CCOCC1)C(=O)CS[C@@H]2c1cccc(Cl)c1. The molecule has 2 aliphatic rings. The van der Waals surface area contributed by atoms with E-state index in [9.17, 15) is 9.59 Å². The predicted octanol–water partition coefficient (Wildman–Crippen LogP) is 5.59. The molecule has 1 atom stereocenters. The van der Waals surface area contributed by atoms with E-state index in [-0.39, 0.29) is 29.4 Å². The zero-order chi connectivity index (χ0) is 26.9. The van der Waals surface area contributed by atoms with Gasteiger partial charge in [0.15, 0.2) is 0 Å². The minimum Gasteiger partial charge on any atom is -0.378 e. The number of fused-ring (bicyclic) bond motifs is 1. The molecule has 1 saturated heterocycles. The van der Waals surface area contributed by atoms with Crippen molar-refractivity contribution in [1.29, 1.82) is 0 Å². The molecule has 0 saturated carbocycles. The molecule has 10 heteroatoms. The van der Waals surface area contributed by atoms with Gasteiger partial charge in [-0.2, -0.15) is 5.10 Å². The lowest BCUT2D eigenvalue weighted by Gasteiger charge is -2.30. The van der Waals surface area contributed by atoms with Crippen LogP contribution in [-0.2, 0) is 14.3 Å². The summed E-state index contributed by atoms with van der Waals surface area (Å²) in [6.07, 6.45) is 0. The van der Waals surface area contributed by atoms with Crippen molar-refractivity contribution in [2.45, 2.75) is 12.2 Å². The van der Waals surface area contributed by atoms with Gasteiger partial charge in [-0.05, 0) is 47.7 Å². The summed E-state index contributed by atoms with van der Waals surface area (Å²) in [7, 11) is 0. The number of hydrogen-bond donors (Lipinski definition) is 0. The average molecular weight is 579 g/mol. The van der Waals surface area contributed by atoms with E-state index in [1.807, 2.05) is 77.6 Å². The number of para-hydroxylation sites is 1. The van der Waals surface area contributed by atoms with Crippen LogP contribution in [0.15, 0.2) is 66.0 Å². The van der Waals surface area contributed by atoms with E-state index in [0.29, 0.717) is 37.1 Å². The van der Waals surface area contributed by atoms with Crippen molar-refractivity contribution in [2.24, 2.45) is 0 Å². The standard InChI is InChI=1S/C29H27ClN4O3S2/c1-19-6-2-3-9-22(19)34-29-26(27(31-34)23-10-5-15-38-23)28(20-7-4-8-21(30)16-20)39-18-25(36)33(29)17-24(35)32-11-13-37-14-12-32/h2-10,15-16,28H,11-14,17-18H2,1H3/t28-/m1/s1. The van der Waals surface area contributed by atoms with Gasteiger partial charge in [0.2, 0.25) is 11.8 Å². The number of carbonyl (C=O) groups is 2. The molecule has 4 aromatic rings. The Morgan fingerprint density at radius 2 is 1.92 bits per heavy atom. The van der Waals surface area contributed by atoms with Crippen LogP contribution in [0.1, 0.15) is 21.9 Å². The zero-order valence-electron chi connectivity index (χ0n) is 21.4. The topological polar surface area (TPSA) is 67.7 Å². The number of nitrogens with zero attached hydrogens (tertiary/aromatic N) is 4. The number of morpholine rings is 1. The average Bonchev–Trinajstić information content (AvgIpc) is 3.58. The molecule has 2 amide bonds. The lowest BCUT2D eigenvalue weighted by atomic mass is 10.0. The molecular formula is C29H27ClN4O3S2. The van der Waals surface area contributed by atoms with Crippen molar-refractivity contribution >= 4 is 52.3 Å². The Labute approximate surface area is 240 Å². The molecule has 4 heterocycles. The maximum atomic E-state index is 13.8. The third-order valence-corrected chi connectivity index (χ3v) is 9.36. The lowest BCUT2D eigenvalue weighted by molar-refractivity contribution is -0.134. The molecule has 0 N–H and O–H groups in total. The first-order chi connectivity index (χ1) is 19.0. The maximum absolute atomic E-state index is 13.8. The molecular weight excluding hydrogens is 552 g/mol. The van der Waals surface area contributed by atoms with Crippen LogP contribution in [0.4, 0.5) is 5.82 Å². The number of rotatable bonds is 5. The minimum atomic E-state index is -0.207. The Hall–Kier alpha value is -3.11. The van der Waals surface area contributed by atoms with Crippen LogP contribution in [0.25, 0.3) is 16.3 Å². The maximum Gasteiger partial charge on any atom is 0.242 e. The molecule has 200 valence electrons. The Balaban J connectivity index is 1.59. The second-order valence-electron chi connectivity index (χ2n) is 9.48. The summed E-state index contributed by atoms with van der Waals surface area (Å²) in [5.41, 5.74) is 4.59. The van der Waals surface area contributed by atoms with Crippen LogP contribution >= 0.6 is 34.7 Å². The minimum absolute atomic E-state index is 0.0594. The van der Waals surface area contributed by atoms with Crippen molar-refractivity contribution in [1.82, 2.24) is 14.7 Å². The van der Waals surface area contributed by atoms with Crippen LogP contribution in [0.5, 0.6) is 0 Å². The number of aromatic nitrogens is 2. The monoisotopic (exact) mass is 578 g/mol. The molecule has 2 aromatic heterocycles. The van der Waals surface area contributed by atoms with Crippen LogP contribution in [0.3, 0.4) is 0 Å². The number of anilines is 1. The van der Waals surface area contributed by atoms with Gasteiger partial charge in [-0.25, -0.2) is 4.68 Å². The number of hydrogen-bond acceptors (Lipinski definition) is 6. The van der Waals surface area contributed by atoms with Crippen molar-refractivity contribution in [3.05, 3.63) is 87.8 Å². The Bertz CT molecular complexity index is 1510. The number of ether oxygens (including phenoxy) is 1. The molecule has 0 bridgehead atoms. The molecule has 0 radical (unpaired) electrons. The van der Waals surface area contributed by atoms with Crippen LogP contribution < -0.4 is 4.90 Å². The molecule has 0 unspecified atom stereocenters. The molecule has 6 rings (SSSR count). The van der Waals surface area contributed by atoms with E-state index in [1.165, 1.54) is 0 Å². The van der Waals surface area contributed by atoms with Gasteiger partial charge in [-0.3, -0.25) is 14.5 Å². The first kappa shape index (κ1) is 26.1. The van der Waals surface area contributed by atoms with E-state index < -0.39 is 0 Å². The molecule has 0 aliphatic carbocycles. The summed E-state index contributed by atoms with van der Waals surface area (Å²) in [6.45, 7) is 4.01. The number of benzene rings is 2. The Morgan fingerprint density at radius 3 is 2.67 bits per heavy atom. The molecule has 7 nitrogen and oxygen atoms in total. The van der Waals surface area contributed by atoms with E-state index in [1.54, 1.807) is 32.9 Å². The van der Waals surface area contributed by atoms with E-state index >= 15 is 0 Å². The largest absolute Gasteiger partial charge is 0.378 e. The van der Waals surface area contributed by atoms with Crippen molar-refractivity contribution in [2.75, 3.05) is 43.5 Å². The fraction of sp³-hybridized carbons (Fsp3) is 0.276. The van der Waals surface area contributed by atoms with Crippen molar-refractivity contribution in [3.8, 4) is 16.3 Å². The second kappa shape index (κ2) is 11.2. The van der Waals surface area contributed by atoms with Gasteiger partial charge >= 0.3 is 0 Å². The first-order valence-electron chi connectivity index (χ1n) is 12.8. The second-order valence-corrected chi connectivity index (χ2v) is 12.0. The number of amides is 2. The molecule has 2 aromatic carbocycles. The first-order valence-corrected chi connectivity index (χ1v) is 15.1. The molecule has 0 spiro atoms. The van der Waals surface area contributed by atoms with Crippen LogP contribution in [-0.4, -0.2) is 65.1 Å². The summed E-state index contributed by atoms with van der Waals surface area (Å²) < 4.78 is 7.30. The molecule has 39 heavy (non-hydrogen) atoms. The van der Waals surface area contributed by atoms with Gasteiger partial charge in [-0.15, -0.1) is 23.1 Å². The highest BCUT2D eigenvalue weighted by atomic mass is 35.5. The van der Waals surface area contributed by atoms with Gasteiger partial charge in [-0.1, -0.05) is 48.0 Å². The van der Waals surface area contributed by atoms with Crippen LogP contribution in [0.2, 0.25) is 5.02 Å². The Kier molecular flexibility index (Phi) is 7.49. The highest BCUT2D eigenvalue weighted by Gasteiger charge is 2.38. The summed E-state index contributed by atoms with van der Waals surface area (Å²) in [6, 6.07) is 19.8. The number of aryl methyl sites for hydroxylation is 1. The third kappa shape index (κ3) is 5.12. The van der Waals surface area contributed by atoms with E-state index in [4.69, 9.17) is 21.4 Å². The lowest BCUT2D eigenvalue weighted by Crippen LogP contribution is -2.48. The van der Waals surface area contributed by atoms with Gasteiger partial charge in [0.25, 0.3) is 0 Å². The summed E-state index contributed by atoms with van der Waals surface area (Å²) >= 11 is 9.59. The van der Waals surface area contributed by atoms with Gasteiger partial charge in [0.05, 0.1) is 34.8 Å². The smallest absolute Gasteiger partial charge is 0.242 e. The van der Waals surface area contributed by atoms with Gasteiger partial charge < -0.3 is 9.64 Å². The van der Waals surface area contributed by atoms with E-state index in [0.717, 1.165) is 32.9 Å². The number of thiophene rings is 1. The zero-order valence-corrected chi connectivity index (χ0v) is 23.8. The fourth-order valence-electron chi connectivity index (χ4n) is 5.06. The summed E-state index contributed by atoms with van der Waals surface area (Å²) in [4.78, 5) is 31.8.